The molecule has 1 rings (SSSR count). The molecule has 0 aliphatic heterocycles. The average molecular weight is 162 g/mol. The van der Waals surface area contributed by atoms with E-state index < -0.39 is 7.35 Å². The van der Waals surface area contributed by atoms with Crippen LogP contribution in [0.3, 0.4) is 0 Å². The van der Waals surface area contributed by atoms with Gasteiger partial charge in [0.15, 0.2) is 0 Å². The van der Waals surface area contributed by atoms with E-state index in [0.29, 0.717) is 0 Å². The van der Waals surface area contributed by atoms with Gasteiger partial charge in [0.2, 0.25) is 0 Å². The molecular formula is C11H26. The van der Waals surface area contributed by atoms with Gasteiger partial charge >= 0.3 is 0 Å². The molecule has 0 aliphatic carbocycles. The van der Waals surface area contributed by atoms with E-state index in [1.807, 2.05) is 36.4 Å². The highest BCUT2D eigenvalue weighted by molar-refractivity contribution is 4.99. The van der Waals surface area contributed by atoms with E-state index in [1.165, 1.54) is 6.42 Å². The Morgan fingerprint density at radius 3 is 1.27 bits per heavy atom. The third-order valence-corrected chi connectivity index (χ3v) is 0.667. The van der Waals surface area contributed by atoms with Crippen LogP contribution in [0.1, 0.15) is 42.0 Å². The molecule has 0 amide bonds. The summed E-state index contributed by atoms with van der Waals surface area (Å²) in [6, 6.07) is 12.0. The van der Waals surface area contributed by atoms with Crippen LogP contribution in [0.2, 0.25) is 0 Å². The monoisotopic (exact) mass is 162 g/mol. The lowest BCUT2D eigenvalue weighted by Gasteiger charge is -1.69. The van der Waals surface area contributed by atoms with Crippen molar-refractivity contribution >= 4 is 0 Å². The van der Waals surface area contributed by atoms with Gasteiger partial charge in [-0.25, -0.2) is 0 Å². The number of hydrogen-bond donors (Lipinski definition) is 0. The Morgan fingerprint density at radius 2 is 1.18 bits per heavy atom. The van der Waals surface area contributed by atoms with Crippen molar-refractivity contribution in [2.45, 2.75) is 35.0 Å². The van der Waals surface area contributed by atoms with Gasteiger partial charge in [-0.2, -0.15) is 0 Å². The molecule has 0 heterocycles. The molecule has 0 aromatic heterocycles. The minimum Gasteiger partial charge on any atom is -0.0776 e. The maximum absolute atomic E-state index is 5.92. The maximum Gasteiger partial charge on any atom is 0.0194 e. The van der Waals surface area contributed by atoms with Crippen LogP contribution in [0.25, 0.3) is 0 Å². The zero-order valence-electron chi connectivity index (χ0n) is 9.75. The fraction of sp³-hybridized carbons (Fsp3) is 0.455. The highest BCUT2D eigenvalue weighted by Gasteiger charge is 1.57. The van der Waals surface area contributed by atoms with Gasteiger partial charge in [0.1, 0.15) is 0 Å². The molecule has 0 heteroatoms. The number of rotatable bonds is 0. The third kappa shape index (κ3) is 17.6. The Morgan fingerprint density at radius 1 is 1.09 bits per heavy atom. The molecule has 11 heavy (non-hydrogen) atoms. The Hall–Kier alpha value is -0.780. The minimum atomic E-state index is -1.42. The van der Waals surface area contributed by atoms with Crippen LogP contribution in [0, 0.1) is 0 Å². The summed E-state index contributed by atoms with van der Waals surface area (Å²) < 4.78 is 17.8. The second-order valence-corrected chi connectivity index (χ2v) is 1.86. The zero-order chi connectivity index (χ0) is 10.5. The molecule has 0 saturated heterocycles. The Kier molecular flexibility index (Phi) is 12.2. The maximum atomic E-state index is 5.92. The fourth-order valence-electron chi connectivity index (χ4n) is 0.385. The first-order valence-electron chi connectivity index (χ1n) is 5.15. The quantitative estimate of drug-likeness (QED) is 0.510. The van der Waals surface area contributed by atoms with Gasteiger partial charge in [-0.3, -0.25) is 0 Å². The van der Waals surface area contributed by atoms with E-state index in [4.69, 9.17) is 4.11 Å². The fourth-order valence-corrected chi connectivity index (χ4v) is 0.385. The van der Waals surface area contributed by atoms with Gasteiger partial charge in [0.05, 0.1) is 0 Å². The lowest BCUT2D eigenvalue weighted by Crippen LogP contribution is -1.47. The van der Waals surface area contributed by atoms with Crippen molar-refractivity contribution in [3.05, 3.63) is 36.4 Å². The summed E-state index contributed by atoms with van der Waals surface area (Å²) in [6.45, 7) is 4.25. The van der Waals surface area contributed by atoms with Crippen molar-refractivity contribution in [3.63, 3.8) is 0 Å². The van der Waals surface area contributed by atoms with Crippen LogP contribution in [0.4, 0.5) is 0 Å². The standard InChI is InChI=1S/C6H6.C3H8.2CH4.2H2/c1-2-4-6-5-3-1;1-3-2;;;;/h1-6H;3H2,1-2H3;2*1H4;2*1H/i;;1D3;;1+1;. The molecule has 1 aromatic carbocycles. The zero-order valence-corrected chi connectivity index (χ0v) is 6.75. The molecule has 0 saturated carbocycles. The van der Waals surface area contributed by atoms with E-state index in [9.17, 15) is 0 Å². The minimum absolute atomic E-state index is 0. The van der Waals surface area contributed by atoms with Crippen molar-refractivity contribution in [1.29, 1.82) is 0 Å². The van der Waals surface area contributed by atoms with Crippen LogP contribution in [-0.4, -0.2) is 0 Å². The van der Waals surface area contributed by atoms with Crippen molar-refractivity contribution in [2.75, 3.05) is 0 Å². The summed E-state index contributed by atoms with van der Waals surface area (Å²) in [7, 11) is -1.42. The molecule has 0 fully saturated rings. The first-order valence-corrected chi connectivity index (χ1v) is 3.41. The summed E-state index contributed by atoms with van der Waals surface area (Å²) in [5.41, 5.74) is 0. The SMILES string of the molecule is C.CCC.[2HH].[2H]C([2H])[2H].[HH].c1ccccc1. The molecular weight excluding hydrogens is 132 g/mol. The average Bonchev–Trinajstić information content (AvgIpc) is 2.08. The molecule has 1 aromatic rings. The van der Waals surface area contributed by atoms with Gasteiger partial charge < -0.3 is 0 Å². The van der Waals surface area contributed by atoms with Crippen molar-refractivity contribution < 1.29 is 6.97 Å². The highest BCUT2D eigenvalue weighted by atomic mass is 13.6. The van der Waals surface area contributed by atoms with Crippen LogP contribution >= 0.6 is 0 Å². The van der Waals surface area contributed by atoms with Gasteiger partial charge in [0, 0.05) is 6.97 Å². The summed E-state index contributed by atoms with van der Waals surface area (Å²) in [5.74, 6) is 0. The van der Waals surface area contributed by atoms with E-state index in [-0.39, 0.29) is 10.3 Å². The van der Waals surface area contributed by atoms with Crippen LogP contribution in [0.5, 0.6) is 0 Å². The Balaban J connectivity index is -0.0000000368. The van der Waals surface area contributed by atoms with Crippen LogP contribution < -0.4 is 0 Å². The molecule has 0 spiro atoms. The second-order valence-electron chi connectivity index (χ2n) is 1.86. The molecule has 0 atom stereocenters. The smallest absolute Gasteiger partial charge is 0.0194 e. The number of hydrogen-bond acceptors (Lipinski definition) is 0. The van der Waals surface area contributed by atoms with E-state index in [2.05, 4.69) is 13.8 Å². The first kappa shape index (κ1) is 8.32. The molecule has 0 nitrogen and oxygen atoms in total. The summed E-state index contributed by atoms with van der Waals surface area (Å²) >= 11 is 0. The molecule has 0 N–H and O–H groups in total. The molecule has 0 radical (unpaired) electrons. The van der Waals surface area contributed by atoms with E-state index in [1.54, 1.807) is 0 Å². The summed E-state index contributed by atoms with van der Waals surface area (Å²) in [6.07, 6.45) is 1.25. The van der Waals surface area contributed by atoms with Crippen molar-refractivity contribution in [3.8, 4) is 0 Å². The second kappa shape index (κ2) is 16.1. The van der Waals surface area contributed by atoms with Crippen molar-refractivity contribution in [1.82, 2.24) is 0 Å². The highest BCUT2D eigenvalue weighted by Crippen LogP contribution is 1.79. The predicted octanol–water partition coefficient (Wildman–Crippen LogP) is 4.87. The van der Waals surface area contributed by atoms with Crippen molar-refractivity contribution in [2.24, 2.45) is 0 Å². The summed E-state index contributed by atoms with van der Waals surface area (Å²) in [5, 5.41) is 0. The molecule has 70 valence electrons. The number of benzene rings is 1. The molecule has 0 aliphatic rings. The lowest BCUT2D eigenvalue weighted by atomic mass is 10.4. The van der Waals surface area contributed by atoms with Gasteiger partial charge in [-0.05, 0) is 0 Å². The summed E-state index contributed by atoms with van der Waals surface area (Å²) in [4.78, 5) is 0. The van der Waals surface area contributed by atoms with Crippen LogP contribution in [-0.2, 0) is 0 Å². The first-order chi connectivity index (χ1) is 6.15. The van der Waals surface area contributed by atoms with Gasteiger partial charge in [-0.15, -0.1) is 0 Å². The van der Waals surface area contributed by atoms with E-state index >= 15 is 0 Å². The van der Waals surface area contributed by atoms with E-state index in [0.717, 1.165) is 0 Å². The molecule has 0 bridgehead atoms. The topological polar surface area (TPSA) is 0 Å². The largest absolute Gasteiger partial charge is 0.0776 e. The van der Waals surface area contributed by atoms with Crippen LogP contribution in [0.15, 0.2) is 36.4 Å². The van der Waals surface area contributed by atoms with Gasteiger partial charge in [-0.1, -0.05) is 71.4 Å². The Labute approximate surface area is 79.5 Å². The molecule has 0 unspecified atom stereocenters. The Bertz CT molecular complexity index is 126. The third-order valence-electron chi connectivity index (χ3n) is 0.667. The van der Waals surface area contributed by atoms with Gasteiger partial charge in [0.25, 0.3) is 0 Å². The normalized spacial score (nSPS) is 9.55. The predicted molar refractivity (Wildman–Crippen MR) is 60.1 cm³/mol. The lowest BCUT2D eigenvalue weighted by molar-refractivity contribution is 1.09.